The average molecular weight is 260 g/mol. The maximum atomic E-state index is 12.2. The lowest BCUT2D eigenvalue weighted by Gasteiger charge is -2.26. The van der Waals surface area contributed by atoms with Crippen LogP contribution in [0.3, 0.4) is 0 Å². The first-order chi connectivity index (χ1) is 9.02. The molecule has 3 heteroatoms. The van der Waals surface area contributed by atoms with Gasteiger partial charge in [-0.1, -0.05) is 45.0 Å². The molecule has 1 aromatic carbocycles. The fourth-order valence-electron chi connectivity index (χ4n) is 2.57. The van der Waals surface area contributed by atoms with Gasteiger partial charge < -0.3 is 4.90 Å². The molecule has 2 atom stereocenters. The van der Waals surface area contributed by atoms with E-state index < -0.39 is 0 Å². The molecule has 1 aliphatic heterocycles. The van der Waals surface area contributed by atoms with Crippen molar-refractivity contribution in [3.8, 4) is 0 Å². The highest BCUT2D eigenvalue weighted by atomic mass is 16.2. The summed E-state index contributed by atoms with van der Waals surface area (Å²) in [7, 11) is 0. The number of carbonyl (C=O) groups is 1. The number of nitrogens with zero attached hydrogens (tertiary/aromatic N) is 1. The van der Waals surface area contributed by atoms with Crippen LogP contribution in [0.1, 0.15) is 45.0 Å². The van der Waals surface area contributed by atoms with Gasteiger partial charge in [-0.05, 0) is 30.4 Å². The lowest BCUT2D eigenvalue weighted by Crippen LogP contribution is -2.33. The van der Waals surface area contributed by atoms with Gasteiger partial charge in [0.05, 0.1) is 6.04 Å². The highest BCUT2D eigenvalue weighted by molar-refractivity contribution is 5.84. The van der Waals surface area contributed by atoms with Crippen molar-refractivity contribution in [2.75, 3.05) is 6.54 Å². The van der Waals surface area contributed by atoms with Crippen molar-refractivity contribution in [2.45, 2.75) is 46.3 Å². The molecule has 104 valence electrons. The number of carbonyl (C=O) groups excluding carboxylic acids is 1. The van der Waals surface area contributed by atoms with E-state index in [2.05, 4.69) is 50.4 Å². The summed E-state index contributed by atoms with van der Waals surface area (Å²) in [6, 6.07) is 8.48. The molecule has 1 fully saturated rings. The van der Waals surface area contributed by atoms with Gasteiger partial charge in [0.1, 0.15) is 6.17 Å². The van der Waals surface area contributed by atoms with E-state index in [9.17, 15) is 4.79 Å². The zero-order valence-corrected chi connectivity index (χ0v) is 12.3. The Morgan fingerprint density at radius 2 is 1.89 bits per heavy atom. The maximum Gasteiger partial charge on any atom is 0.241 e. The van der Waals surface area contributed by atoms with Crippen LogP contribution >= 0.6 is 0 Å². The van der Waals surface area contributed by atoms with Crippen LogP contribution in [0.2, 0.25) is 0 Å². The van der Waals surface area contributed by atoms with Gasteiger partial charge in [-0.2, -0.15) is 0 Å². The number of rotatable bonds is 4. The van der Waals surface area contributed by atoms with Crippen molar-refractivity contribution < 1.29 is 4.79 Å². The van der Waals surface area contributed by atoms with E-state index >= 15 is 0 Å². The molecule has 0 bridgehead atoms. The molecule has 1 aromatic rings. The van der Waals surface area contributed by atoms with Crippen LogP contribution in [0.4, 0.5) is 0 Å². The molecule has 0 aliphatic carbocycles. The molecule has 1 heterocycles. The van der Waals surface area contributed by atoms with Gasteiger partial charge in [0.15, 0.2) is 0 Å². The van der Waals surface area contributed by atoms with E-state index in [4.69, 9.17) is 0 Å². The highest BCUT2D eigenvalue weighted by Crippen LogP contribution is 2.26. The topological polar surface area (TPSA) is 32.3 Å². The van der Waals surface area contributed by atoms with Gasteiger partial charge in [0.25, 0.3) is 0 Å². The number of aryl methyl sites for hydroxylation is 1. The van der Waals surface area contributed by atoms with Gasteiger partial charge in [0.2, 0.25) is 5.91 Å². The van der Waals surface area contributed by atoms with E-state index in [1.165, 1.54) is 11.1 Å². The van der Waals surface area contributed by atoms with E-state index in [1.54, 1.807) is 0 Å². The Labute approximate surface area is 116 Å². The number of benzene rings is 1. The summed E-state index contributed by atoms with van der Waals surface area (Å²) in [6.07, 6.45) is 1.07. The van der Waals surface area contributed by atoms with Gasteiger partial charge in [-0.3, -0.25) is 10.1 Å². The molecule has 0 saturated carbocycles. The Kier molecular flexibility index (Phi) is 4.25. The molecule has 3 nitrogen and oxygen atoms in total. The van der Waals surface area contributed by atoms with Crippen LogP contribution in [0, 0.1) is 5.92 Å². The van der Waals surface area contributed by atoms with Gasteiger partial charge >= 0.3 is 0 Å². The molecule has 0 spiro atoms. The first-order valence-corrected chi connectivity index (χ1v) is 7.18. The zero-order valence-electron chi connectivity index (χ0n) is 12.3. The number of hydrogen-bond donors (Lipinski definition) is 1. The van der Waals surface area contributed by atoms with E-state index in [-0.39, 0.29) is 18.1 Å². The fraction of sp³-hybridized carbons (Fsp3) is 0.562. The third-order valence-corrected chi connectivity index (χ3v) is 3.64. The third-order valence-electron chi connectivity index (χ3n) is 3.64. The average Bonchev–Trinajstić information content (AvgIpc) is 2.67. The largest absolute Gasteiger partial charge is 0.321 e. The molecule has 2 unspecified atom stereocenters. The first kappa shape index (κ1) is 14.1. The van der Waals surface area contributed by atoms with Gasteiger partial charge in [0, 0.05) is 6.54 Å². The lowest BCUT2D eigenvalue weighted by molar-refractivity contribution is -0.130. The summed E-state index contributed by atoms with van der Waals surface area (Å²) >= 11 is 0. The van der Waals surface area contributed by atoms with E-state index in [0.29, 0.717) is 5.92 Å². The van der Waals surface area contributed by atoms with Crippen LogP contribution in [-0.4, -0.2) is 23.4 Å². The minimum absolute atomic E-state index is 0.0239. The Morgan fingerprint density at radius 1 is 1.26 bits per heavy atom. The van der Waals surface area contributed by atoms with E-state index in [0.717, 1.165) is 13.0 Å². The number of nitrogens with one attached hydrogen (secondary N) is 1. The molecule has 1 N–H and O–H groups in total. The second kappa shape index (κ2) is 5.74. The quantitative estimate of drug-likeness (QED) is 0.903. The van der Waals surface area contributed by atoms with Gasteiger partial charge in [-0.25, -0.2) is 0 Å². The van der Waals surface area contributed by atoms with Crippen molar-refractivity contribution >= 4 is 5.91 Å². The summed E-state index contributed by atoms with van der Waals surface area (Å²) < 4.78 is 0. The SMILES string of the molecule is CCc1ccc(C2NC(C)C(=O)N2CC(C)C)cc1. The van der Waals surface area contributed by atoms with Crippen molar-refractivity contribution in [2.24, 2.45) is 5.92 Å². The molecule has 1 saturated heterocycles. The standard InChI is InChI=1S/C16H24N2O/c1-5-13-6-8-14(9-7-13)15-17-12(4)16(19)18(15)10-11(2)3/h6-9,11-12,15,17H,5,10H2,1-4H3. The Hall–Kier alpha value is -1.35. The second-order valence-electron chi connectivity index (χ2n) is 5.77. The molecule has 2 rings (SSSR count). The lowest BCUT2D eigenvalue weighted by atomic mass is 10.1. The fourth-order valence-corrected chi connectivity index (χ4v) is 2.57. The molecule has 19 heavy (non-hydrogen) atoms. The molecule has 1 amide bonds. The highest BCUT2D eigenvalue weighted by Gasteiger charge is 2.36. The smallest absolute Gasteiger partial charge is 0.241 e. The molecular weight excluding hydrogens is 236 g/mol. The van der Waals surface area contributed by atoms with Crippen molar-refractivity contribution in [1.82, 2.24) is 10.2 Å². The molecule has 1 aliphatic rings. The zero-order chi connectivity index (χ0) is 14.0. The minimum atomic E-state index is -0.0883. The Balaban J connectivity index is 2.22. The van der Waals surface area contributed by atoms with Crippen molar-refractivity contribution in [3.63, 3.8) is 0 Å². The number of hydrogen-bond acceptors (Lipinski definition) is 2. The summed E-state index contributed by atoms with van der Waals surface area (Å²) in [6.45, 7) is 9.19. The predicted octanol–water partition coefficient (Wildman–Crippen LogP) is 2.72. The number of amides is 1. The van der Waals surface area contributed by atoms with Crippen molar-refractivity contribution in [3.05, 3.63) is 35.4 Å². The van der Waals surface area contributed by atoms with Crippen LogP contribution < -0.4 is 5.32 Å². The second-order valence-corrected chi connectivity index (χ2v) is 5.77. The normalized spacial score (nSPS) is 23.4. The first-order valence-electron chi connectivity index (χ1n) is 7.18. The Morgan fingerprint density at radius 3 is 2.42 bits per heavy atom. The van der Waals surface area contributed by atoms with E-state index in [1.807, 2.05) is 11.8 Å². The van der Waals surface area contributed by atoms with Crippen LogP contribution in [0.25, 0.3) is 0 Å². The summed E-state index contributed by atoms with van der Waals surface area (Å²) in [4.78, 5) is 14.2. The van der Waals surface area contributed by atoms with Gasteiger partial charge in [-0.15, -0.1) is 0 Å². The predicted molar refractivity (Wildman–Crippen MR) is 77.7 cm³/mol. The monoisotopic (exact) mass is 260 g/mol. The maximum absolute atomic E-state index is 12.2. The van der Waals surface area contributed by atoms with Crippen molar-refractivity contribution in [1.29, 1.82) is 0 Å². The van der Waals surface area contributed by atoms with Crippen LogP contribution in [0.15, 0.2) is 24.3 Å². The Bertz CT molecular complexity index is 439. The third kappa shape index (κ3) is 2.98. The summed E-state index contributed by atoms with van der Waals surface area (Å²) in [5.41, 5.74) is 2.51. The molecular formula is C16H24N2O. The van der Waals surface area contributed by atoms with Crippen LogP contribution in [0.5, 0.6) is 0 Å². The molecule has 0 radical (unpaired) electrons. The summed E-state index contributed by atoms with van der Waals surface area (Å²) in [5.74, 6) is 0.687. The minimum Gasteiger partial charge on any atom is -0.321 e. The summed E-state index contributed by atoms with van der Waals surface area (Å²) in [5, 5.41) is 3.39. The molecule has 0 aromatic heterocycles. The van der Waals surface area contributed by atoms with Crippen LogP contribution in [-0.2, 0) is 11.2 Å².